The molecule has 3 rings (SSSR count). The third-order valence-corrected chi connectivity index (χ3v) is 6.28. The van der Waals surface area contributed by atoms with Crippen LogP contribution in [-0.2, 0) is 0 Å². The van der Waals surface area contributed by atoms with Crippen molar-refractivity contribution >= 4 is 6.08 Å². The number of rotatable bonds is 7. The van der Waals surface area contributed by atoms with Gasteiger partial charge in [0, 0.05) is 12.3 Å². The van der Waals surface area contributed by atoms with Gasteiger partial charge >= 0.3 is 0 Å². The van der Waals surface area contributed by atoms with Crippen molar-refractivity contribution in [2.24, 2.45) is 16.7 Å². The Kier molecular flexibility index (Phi) is 6.94. The highest BCUT2D eigenvalue weighted by atomic mass is 14.5. The second kappa shape index (κ2) is 9.63. The van der Waals surface area contributed by atoms with Gasteiger partial charge in [0.1, 0.15) is 0 Å². The highest BCUT2D eigenvalue weighted by molar-refractivity contribution is 5.52. The Morgan fingerprint density at radius 1 is 1.06 bits per heavy atom. The maximum Gasteiger partial charge on any atom is 0.168 e. The number of benzene rings is 2. The molecule has 2 nitrogen and oxygen atoms in total. The van der Waals surface area contributed by atoms with Crippen LogP contribution in [0, 0.1) is 39.4 Å². The van der Waals surface area contributed by atoms with E-state index >= 15 is 0 Å². The number of allylic oxidation sites excluding steroid dienone is 4. The van der Waals surface area contributed by atoms with E-state index in [1.54, 1.807) is 6.08 Å². The highest BCUT2D eigenvalue weighted by Crippen LogP contribution is 2.50. The number of nitrogens with zero attached hydrogens (tertiary/aromatic N) is 2. The van der Waals surface area contributed by atoms with Crippen LogP contribution in [-0.4, -0.2) is 0 Å². The van der Waals surface area contributed by atoms with Crippen molar-refractivity contribution in [2.45, 2.75) is 39.0 Å². The second-order valence-electron chi connectivity index (χ2n) is 9.06. The van der Waals surface area contributed by atoms with Crippen molar-refractivity contribution in [3.05, 3.63) is 102 Å². The van der Waals surface area contributed by atoms with Gasteiger partial charge in [-0.2, -0.15) is 10.5 Å². The molecular weight excluding hydrogens is 376 g/mol. The first-order valence-corrected chi connectivity index (χ1v) is 10.9. The molecule has 0 saturated carbocycles. The fourth-order valence-corrected chi connectivity index (χ4v) is 4.61. The van der Waals surface area contributed by atoms with E-state index in [1.165, 1.54) is 5.56 Å². The van der Waals surface area contributed by atoms with Crippen LogP contribution >= 0.6 is 0 Å². The molecule has 0 fully saturated rings. The standard InChI is InChI=1S/C29H30N2/c1-4-18-29(21-30,22-31)27-20-28(2,3)19-17-26(27)25(24-13-9-6-10-14-24)16-15-23-11-7-5-8-12-23/h4-16,20,25-26H,1,17-19H2,2-3H3/b16-15+/t25?,26-/m0/s1. The topological polar surface area (TPSA) is 47.6 Å². The SMILES string of the molecule is C=CCC(C#N)(C#N)C1=CC(C)(C)CC[C@H]1C(/C=C/c1ccccc1)c1ccccc1. The normalized spacial score (nSPS) is 19.1. The zero-order valence-corrected chi connectivity index (χ0v) is 18.5. The van der Waals surface area contributed by atoms with Gasteiger partial charge in [0.15, 0.2) is 5.41 Å². The predicted molar refractivity (Wildman–Crippen MR) is 128 cm³/mol. The lowest BCUT2D eigenvalue weighted by Crippen LogP contribution is -2.33. The maximum atomic E-state index is 10.1. The molecule has 2 aromatic rings. The van der Waals surface area contributed by atoms with Gasteiger partial charge in [-0.05, 0) is 40.9 Å². The van der Waals surface area contributed by atoms with Crippen molar-refractivity contribution in [3.8, 4) is 12.1 Å². The average molecular weight is 407 g/mol. The van der Waals surface area contributed by atoms with Crippen molar-refractivity contribution in [2.75, 3.05) is 0 Å². The molecule has 2 aromatic carbocycles. The summed E-state index contributed by atoms with van der Waals surface area (Å²) in [6, 6.07) is 25.4. The monoisotopic (exact) mass is 406 g/mol. The summed E-state index contributed by atoms with van der Waals surface area (Å²) < 4.78 is 0. The number of hydrogen-bond donors (Lipinski definition) is 0. The molecule has 1 unspecified atom stereocenters. The first kappa shape index (κ1) is 22.3. The van der Waals surface area contributed by atoms with Gasteiger partial charge in [0.2, 0.25) is 0 Å². The molecule has 1 aliphatic rings. The van der Waals surface area contributed by atoms with E-state index in [-0.39, 0.29) is 17.3 Å². The molecule has 31 heavy (non-hydrogen) atoms. The van der Waals surface area contributed by atoms with Gasteiger partial charge < -0.3 is 0 Å². The smallest absolute Gasteiger partial charge is 0.168 e. The third-order valence-electron chi connectivity index (χ3n) is 6.28. The van der Waals surface area contributed by atoms with E-state index in [1.807, 2.05) is 24.3 Å². The fourth-order valence-electron chi connectivity index (χ4n) is 4.61. The van der Waals surface area contributed by atoms with E-state index in [0.717, 1.165) is 24.0 Å². The molecule has 0 spiro atoms. The molecule has 0 aliphatic heterocycles. The molecule has 0 heterocycles. The lowest BCUT2D eigenvalue weighted by Gasteiger charge is -2.41. The Bertz CT molecular complexity index is 1020. The van der Waals surface area contributed by atoms with Gasteiger partial charge in [-0.15, -0.1) is 6.58 Å². The minimum Gasteiger partial charge on any atom is -0.196 e. The first-order valence-electron chi connectivity index (χ1n) is 10.9. The number of nitriles is 2. The Labute approximate surface area is 186 Å². The minimum atomic E-state index is -1.18. The quantitative estimate of drug-likeness (QED) is 0.448. The van der Waals surface area contributed by atoms with Crippen LogP contribution < -0.4 is 0 Å². The van der Waals surface area contributed by atoms with Crippen LogP contribution in [0.5, 0.6) is 0 Å². The van der Waals surface area contributed by atoms with E-state index in [0.29, 0.717) is 6.42 Å². The van der Waals surface area contributed by atoms with E-state index in [9.17, 15) is 10.5 Å². The zero-order valence-electron chi connectivity index (χ0n) is 18.5. The van der Waals surface area contributed by atoms with Crippen LogP contribution in [0.25, 0.3) is 6.08 Å². The van der Waals surface area contributed by atoms with Gasteiger partial charge in [0.05, 0.1) is 12.1 Å². The molecule has 2 heteroatoms. The molecule has 0 radical (unpaired) electrons. The summed E-state index contributed by atoms with van der Waals surface area (Å²) >= 11 is 0. The molecule has 1 aliphatic carbocycles. The molecule has 0 amide bonds. The lowest BCUT2D eigenvalue weighted by atomic mass is 9.61. The van der Waals surface area contributed by atoms with Crippen molar-refractivity contribution < 1.29 is 0 Å². The summed E-state index contributed by atoms with van der Waals surface area (Å²) in [5, 5.41) is 20.3. The molecule has 2 atom stereocenters. The maximum absolute atomic E-state index is 10.1. The van der Waals surface area contributed by atoms with Crippen LogP contribution in [0.3, 0.4) is 0 Å². The lowest BCUT2D eigenvalue weighted by molar-refractivity contribution is 0.306. The molecule has 0 N–H and O–H groups in total. The largest absolute Gasteiger partial charge is 0.196 e. The van der Waals surface area contributed by atoms with Gasteiger partial charge in [0.25, 0.3) is 0 Å². The Balaban J connectivity index is 2.14. The minimum absolute atomic E-state index is 0.0453. The summed E-state index contributed by atoms with van der Waals surface area (Å²) in [6.45, 7) is 8.21. The van der Waals surface area contributed by atoms with Crippen molar-refractivity contribution in [1.82, 2.24) is 0 Å². The fraction of sp³-hybridized carbons (Fsp3) is 0.310. The molecule has 0 aromatic heterocycles. The van der Waals surface area contributed by atoms with Crippen molar-refractivity contribution in [1.29, 1.82) is 10.5 Å². The summed E-state index contributed by atoms with van der Waals surface area (Å²) in [5.74, 6) is 0.157. The van der Waals surface area contributed by atoms with Crippen molar-refractivity contribution in [3.63, 3.8) is 0 Å². The predicted octanol–water partition coefficient (Wildman–Crippen LogP) is 7.46. The molecule has 0 saturated heterocycles. The molecule has 156 valence electrons. The van der Waals surface area contributed by atoms with Crippen LogP contribution in [0.4, 0.5) is 0 Å². The Morgan fingerprint density at radius 2 is 1.68 bits per heavy atom. The highest BCUT2D eigenvalue weighted by Gasteiger charge is 2.44. The summed E-state index contributed by atoms with van der Waals surface area (Å²) in [4.78, 5) is 0. The number of hydrogen-bond acceptors (Lipinski definition) is 2. The average Bonchev–Trinajstić information content (AvgIpc) is 2.79. The second-order valence-corrected chi connectivity index (χ2v) is 9.06. The molecular formula is C29H30N2. The van der Waals surface area contributed by atoms with Crippen LogP contribution in [0.1, 0.15) is 50.2 Å². The van der Waals surface area contributed by atoms with E-state index in [4.69, 9.17) is 0 Å². The van der Waals surface area contributed by atoms with Gasteiger partial charge in [-0.3, -0.25) is 0 Å². The first-order chi connectivity index (χ1) is 14.9. The van der Waals surface area contributed by atoms with E-state index in [2.05, 4.69) is 87.2 Å². The van der Waals surface area contributed by atoms with Gasteiger partial charge in [-0.25, -0.2) is 0 Å². The van der Waals surface area contributed by atoms with Crippen LogP contribution in [0.15, 0.2) is 91.0 Å². The Morgan fingerprint density at radius 3 is 2.26 bits per heavy atom. The van der Waals surface area contributed by atoms with Gasteiger partial charge in [-0.1, -0.05) is 98.8 Å². The Hall–Kier alpha value is -3.36. The van der Waals surface area contributed by atoms with Crippen LogP contribution in [0.2, 0.25) is 0 Å². The molecule has 0 bridgehead atoms. The van der Waals surface area contributed by atoms with E-state index < -0.39 is 5.41 Å². The summed E-state index contributed by atoms with van der Waals surface area (Å²) in [5.41, 5.74) is 2.06. The third kappa shape index (κ3) is 5.04. The summed E-state index contributed by atoms with van der Waals surface area (Å²) in [7, 11) is 0. The zero-order chi connectivity index (χ0) is 22.3. The summed E-state index contributed by atoms with van der Waals surface area (Å²) in [6.07, 6.45) is 10.6.